The van der Waals surface area contributed by atoms with Crippen LogP contribution < -0.4 is 5.43 Å². The van der Waals surface area contributed by atoms with Crippen molar-refractivity contribution in [3.05, 3.63) is 82.5 Å². The third-order valence-electron chi connectivity index (χ3n) is 3.96. The smallest absolute Gasteiger partial charge is 0.195 e. The third kappa shape index (κ3) is 2.58. The summed E-state index contributed by atoms with van der Waals surface area (Å²) in [6, 6.07) is 20.8. The van der Waals surface area contributed by atoms with Gasteiger partial charge in [0.05, 0.1) is 10.8 Å². The van der Waals surface area contributed by atoms with Crippen molar-refractivity contribution in [1.29, 1.82) is 0 Å². The molecule has 0 aliphatic rings. The molecular weight excluding hydrogens is 336 g/mol. The summed E-state index contributed by atoms with van der Waals surface area (Å²) < 4.78 is 14.7. The highest BCUT2D eigenvalue weighted by Crippen LogP contribution is 2.27. The molecule has 0 bridgehead atoms. The van der Waals surface area contributed by atoms with Gasteiger partial charge in [-0.1, -0.05) is 24.3 Å². The fraction of sp³-hybridized carbons (Fsp3) is 0.0500. The van der Waals surface area contributed by atoms with Crippen molar-refractivity contribution in [2.24, 2.45) is 0 Å². The molecule has 24 heavy (non-hydrogen) atoms. The van der Waals surface area contributed by atoms with Crippen LogP contribution in [-0.2, 0) is 10.8 Å². The minimum absolute atomic E-state index is 0.00226. The Hall–Kier alpha value is -2.30. The van der Waals surface area contributed by atoms with Crippen LogP contribution >= 0.6 is 11.3 Å². The van der Waals surface area contributed by atoms with Gasteiger partial charge in [0.2, 0.25) is 0 Å². The lowest BCUT2D eigenvalue weighted by Crippen LogP contribution is -2.02. The molecular formula is C20H14O2S2. The van der Waals surface area contributed by atoms with Crippen LogP contribution in [0, 0.1) is 6.92 Å². The SMILES string of the molecule is Cc1cccc(S(=O)c2ccc3sc4ccccc4c(=O)c3c2)c1. The van der Waals surface area contributed by atoms with E-state index in [0.717, 1.165) is 19.9 Å². The lowest BCUT2D eigenvalue weighted by Gasteiger charge is -2.06. The summed E-state index contributed by atoms with van der Waals surface area (Å²) in [6.07, 6.45) is 0. The van der Waals surface area contributed by atoms with Crippen LogP contribution in [0.4, 0.5) is 0 Å². The molecule has 0 aliphatic heterocycles. The van der Waals surface area contributed by atoms with Gasteiger partial charge in [-0.25, -0.2) is 4.21 Å². The van der Waals surface area contributed by atoms with E-state index in [0.29, 0.717) is 15.7 Å². The molecule has 1 atom stereocenters. The first-order valence-electron chi connectivity index (χ1n) is 7.57. The van der Waals surface area contributed by atoms with Crippen molar-refractivity contribution in [2.75, 3.05) is 0 Å². The van der Waals surface area contributed by atoms with Crippen LogP contribution in [0.1, 0.15) is 5.56 Å². The van der Waals surface area contributed by atoms with Crippen molar-refractivity contribution < 1.29 is 4.21 Å². The average molecular weight is 350 g/mol. The topological polar surface area (TPSA) is 34.1 Å². The zero-order valence-electron chi connectivity index (χ0n) is 13.0. The number of hydrogen-bond acceptors (Lipinski definition) is 3. The largest absolute Gasteiger partial charge is 0.289 e. The molecule has 1 unspecified atom stereocenters. The number of fused-ring (bicyclic) bond motifs is 2. The molecule has 4 heteroatoms. The minimum Gasteiger partial charge on any atom is -0.289 e. The van der Waals surface area contributed by atoms with E-state index >= 15 is 0 Å². The van der Waals surface area contributed by atoms with E-state index in [-0.39, 0.29) is 5.43 Å². The Morgan fingerprint density at radius 2 is 1.54 bits per heavy atom. The summed E-state index contributed by atoms with van der Waals surface area (Å²) in [7, 11) is -1.29. The van der Waals surface area contributed by atoms with Crippen LogP contribution in [0.15, 0.2) is 81.3 Å². The normalized spacial score (nSPS) is 12.5. The van der Waals surface area contributed by atoms with E-state index in [2.05, 4.69) is 0 Å². The second-order valence-electron chi connectivity index (χ2n) is 5.67. The highest BCUT2D eigenvalue weighted by atomic mass is 32.2. The van der Waals surface area contributed by atoms with Gasteiger partial charge in [0.1, 0.15) is 0 Å². The molecule has 0 amide bonds. The highest BCUT2D eigenvalue weighted by molar-refractivity contribution is 7.85. The molecule has 0 saturated carbocycles. The quantitative estimate of drug-likeness (QED) is 0.482. The maximum Gasteiger partial charge on any atom is 0.195 e. The maximum absolute atomic E-state index is 12.8. The first-order valence-corrected chi connectivity index (χ1v) is 9.54. The van der Waals surface area contributed by atoms with E-state index in [1.807, 2.05) is 67.6 Å². The standard InChI is InChI=1S/C20H14O2S2/c1-13-5-4-6-14(11-13)24(22)15-9-10-19-17(12-15)20(21)16-7-2-3-8-18(16)23-19/h2-12H,1H3. The van der Waals surface area contributed by atoms with E-state index in [4.69, 9.17) is 0 Å². The Morgan fingerprint density at radius 1 is 0.792 bits per heavy atom. The number of aryl methyl sites for hydroxylation is 1. The second-order valence-corrected chi connectivity index (χ2v) is 8.23. The summed E-state index contributed by atoms with van der Waals surface area (Å²) in [6.45, 7) is 1.98. The summed E-state index contributed by atoms with van der Waals surface area (Å²) in [4.78, 5) is 14.2. The van der Waals surface area contributed by atoms with Crippen LogP contribution in [0.2, 0.25) is 0 Å². The molecule has 3 aromatic carbocycles. The Kier molecular flexibility index (Phi) is 3.79. The van der Waals surface area contributed by atoms with Gasteiger partial charge in [-0.15, -0.1) is 11.3 Å². The average Bonchev–Trinajstić information content (AvgIpc) is 2.61. The van der Waals surface area contributed by atoms with Gasteiger partial charge in [0, 0.05) is 30.0 Å². The maximum atomic E-state index is 12.8. The van der Waals surface area contributed by atoms with Crippen LogP contribution in [0.5, 0.6) is 0 Å². The van der Waals surface area contributed by atoms with Crippen molar-refractivity contribution in [1.82, 2.24) is 0 Å². The molecule has 0 N–H and O–H groups in total. The number of benzene rings is 3. The number of rotatable bonds is 2. The van der Waals surface area contributed by atoms with Gasteiger partial charge in [-0.3, -0.25) is 4.79 Å². The zero-order valence-corrected chi connectivity index (χ0v) is 14.6. The fourth-order valence-electron chi connectivity index (χ4n) is 2.76. The fourth-order valence-corrected chi connectivity index (χ4v) is 5.00. The Labute approximate surface area is 145 Å². The van der Waals surface area contributed by atoms with Gasteiger partial charge in [-0.05, 0) is 55.0 Å². The van der Waals surface area contributed by atoms with E-state index in [9.17, 15) is 9.00 Å². The van der Waals surface area contributed by atoms with Gasteiger partial charge in [0.25, 0.3) is 0 Å². The predicted molar refractivity (Wildman–Crippen MR) is 101 cm³/mol. The Morgan fingerprint density at radius 3 is 2.38 bits per heavy atom. The first-order chi connectivity index (χ1) is 11.6. The van der Waals surface area contributed by atoms with Crippen LogP contribution in [0.3, 0.4) is 0 Å². The molecule has 2 nitrogen and oxygen atoms in total. The predicted octanol–water partition coefficient (Wildman–Crippen LogP) is 4.89. The Balaban J connectivity index is 1.92. The van der Waals surface area contributed by atoms with Crippen molar-refractivity contribution in [2.45, 2.75) is 16.7 Å². The lowest BCUT2D eigenvalue weighted by molar-refractivity contribution is 0.683. The van der Waals surface area contributed by atoms with Crippen molar-refractivity contribution >= 4 is 42.3 Å². The summed E-state index contributed by atoms with van der Waals surface area (Å²) in [5.41, 5.74) is 1.07. The minimum atomic E-state index is -1.29. The molecule has 0 radical (unpaired) electrons. The molecule has 0 spiro atoms. The van der Waals surface area contributed by atoms with Gasteiger partial charge >= 0.3 is 0 Å². The lowest BCUT2D eigenvalue weighted by atomic mass is 10.2. The molecule has 1 aromatic heterocycles. The summed E-state index contributed by atoms with van der Waals surface area (Å²) in [5, 5.41) is 1.35. The van der Waals surface area contributed by atoms with Gasteiger partial charge in [-0.2, -0.15) is 0 Å². The third-order valence-corrected chi connectivity index (χ3v) is 6.48. The highest BCUT2D eigenvalue weighted by Gasteiger charge is 2.11. The molecule has 118 valence electrons. The monoisotopic (exact) mass is 350 g/mol. The molecule has 0 aliphatic carbocycles. The van der Waals surface area contributed by atoms with E-state index < -0.39 is 10.8 Å². The molecule has 0 saturated heterocycles. The summed E-state index contributed by atoms with van der Waals surface area (Å²) in [5.74, 6) is 0. The zero-order chi connectivity index (χ0) is 16.7. The van der Waals surface area contributed by atoms with Gasteiger partial charge in [0.15, 0.2) is 5.43 Å². The van der Waals surface area contributed by atoms with Gasteiger partial charge < -0.3 is 0 Å². The second kappa shape index (κ2) is 5.96. The van der Waals surface area contributed by atoms with Crippen molar-refractivity contribution in [3.63, 3.8) is 0 Å². The first kappa shape index (κ1) is 15.2. The number of hydrogen-bond donors (Lipinski definition) is 0. The van der Waals surface area contributed by atoms with E-state index in [1.54, 1.807) is 17.4 Å². The summed E-state index contributed by atoms with van der Waals surface area (Å²) >= 11 is 1.59. The van der Waals surface area contributed by atoms with Crippen LogP contribution in [0.25, 0.3) is 20.2 Å². The van der Waals surface area contributed by atoms with Crippen LogP contribution in [-0.4, -0.2) is 4.21 Å². The van der Waals surface area contributed by atoms with Crippen molar-refractivity contribution in [3.8, 4) is 0 Å². The molecule has 0 fully saturated rings. The molecule has 4 rings (SSSR count). The van der Waals surface area contributed by atoms with E-state index in [1.165, 1.54) is 0 Å². The molecule has 4 aromatic rings. The Bertz CT molecular complexity index is 1160. The molecule has 1 heterocycles.